The quantitative estimate of drug-likeness (QED) is 0.194. The summed E-state index contributed by atoms with van der Waals surface area (Å²) in [7, 11) is 0. The fraction of sp³-hybridized carbons (Fsp3) is 0.767. The summed E-state index contributed by atoms with van der Waals surface area (Å²) in [5, 5.41) is 10.3. The minimum Gasteiger partial charge on any atom is -0.465 e. The predicted octanol–water partition coefficient (Wildman–Crippen LogP) is 1.62. The Kier molecular flexibility index (Phi) is 9.75. The molecule has 4 rings (SSSR count). The molecule has 4 aliphatic heterocycles. The van der Waals surface area contributed by atoms with Crippen LogP contribution in [0.25, 0.3) is 0 Å². The van der Waals surface area contributed by atoms with Crippen molar-refractivity contribution in [2.24, 2.45) is 17.8 Å². The first-order chi connectivity index (χ1) is 19.2. The summed E-state index contributed by atoms with van der Waals surface area (Å²) in [6.07, 6.45) is 5.77. The topological polar surface area (TPSA) is 109 Å². The van der Waals surface area contributed by atoms with E-state index in [0.29, 0.717) is 52.1 Å². The highest BCUT2D eigenvalue weighted by Crippen LogP contribution is 2.65. The molecule has 2 bridgehead atoms. The van der Waals surface area contributed by atoms with Gasteiger partial charge in [0.25, 0.3) is 0 Å². The normalized spacial score (nSPS) is 34.0. The SMILES string of the molecule is C=CCCCOC(=O)[C@@H]1[C@H]2C(=O)N([C@@H](CC)CO)C(C(=O)N(CC=C)CCN3CCOCC3)C23CC(C)[C@@]1(C)O3. The lowest BCUT2D eigenvalue weighted by molar-refractivity contribution is -0.163. The summed E-state index contributed by atoms with van der Waals surface area (Å²) in [6.45, 7) is 17.7. The number of aliphatic hydroxyl groups is 1. The molecule has 1 spiro atoms. The Morgan fingerprint density at radius 1 is 1.27 bits per heavy atom. The van der Waals surface area contributed by atoms with Gasteiger partial charge in [0.1, 0.15) is 17.6 Å². The zero-order valence-electron chi connectivity index (χ0n) is 24.4. The number of aliphatic hydroxyl groups excluding tert-OH is 1. The number of amides is 2. The molecule has 7 atom stereocenters. The summed E-state index contributed by atoms with van der Waals surface area (Å²) in [5.41, 5.74) is -2.10. The van der Waals surface area contributed by atoms with E-state index in [4.69, 9.17) is 14.2 Å². The molecule has 0 aromatic heterocycles. The number of hydrogen-bond acceptors (Lipinski definition) is 8. The predicted molar refractivity (Wildman–Crippen MR) is 149 cm³/mol. The van der Waals surface area contributed by atoms with Gasteiger partial charge in [0, 0.05) is 32.7 Å². The number of allylic oxidation sites excluding steroid dienone is 1. The zero-order chi connectivity index (χ0) is 29.1. The number of likely N-dealkylation sites (tertiary alicyclic amines) is 1. The first kappa shape index (κ1) is 30.7. The average Bonchev–Trinajstić information content (AvgIpc) is 3.46. The van der Waals surface area contributed by atoms with E-state index < -0.39 is 41.1 Å². The number of esters is 1. The van der Waals surface area contributed by atoms with E-state index in [1.54, 1.807) is 17.1 Å². The van der Waals surface area contributed by atoms with Crippen molar-refractivity contribution < 1.29 is 33.7 Å². The molecule has 2 amide bonds. The van der Waals surface area contributed by atoms with E-state index in [0.717, 1.165) is 19.5 Å². The Labute approximate surface area is 238 Å². The standard InChI is InChI=1S/C30H47N3O7/c1-6-9-10-16-39-28(37)24-23-26(35)33(22(8-3)20-34)25(30(23)19-21(4)29(24,5)40-30)27(36)32(11-7-2)13-12-31-14-17-38-18-15-31/h6-7,21-25,34H,1-2,8-20H2,3-5H3/t21?,22-,23-,24-,25?,29+,30?/m0/s1. The Morgan fingerprint density at radius 2 is 2.00 bits per heavy atom. The van der Waals surface area contributed by atoms with E-state index in [9.17, 15) is 19.5 Å². The van der Waals surface area contributed by atoms with Crippen LogP contribution < -0.4 is 0 Å². The molecule has 4 heterocycles. The van der Waals surface area contributed by atoms with E-state index in [2.05, 4.69) is 18.1 Å². The Hall–Kier alpha value is -2.27. The summed E-state index contributed by atoms with van der Waals surface area (Å²) in [6, 6.07) is -1.52. The molecular weight excluding hydrogens is 514 g/mol. The van der Waals surface area contributed by atoms with Crippen molar-refractivity contribution in [1.29, 1.82) is 0 Å². The molecule has 4 fully saturated rings. The molecule has 3 unspecified atom stereocenters. The fourth-order valence-corrected chi connectivity index (χ4v) is 7.32. The van der Waals surface area contributed by atoms with Gasteiger partial charge in [-0.2, -0.15) is 0 Å². The lowest BCUT2D eigenvalue weighted by atomic mass is 9.62. The maximum Gasteiger partial charge on any atom is 0.312 e. The molecule has 4 saturated heterocycles. The van der Waals surface area contributed by atoms with Gasteiger partial charge in [0.15, 0.2) is 0 Å². The van der Waals surface area contributed by atoms with Gasteiger partial charge in [-0.05, 0) is 38.5 Å². The third-order valence-corrected chi connectivity index (χ3v) is 9.56. The number of nitrogens with zero attached hydrogens (tertiary/aromatic N) is 3. The first-order valence-corrected chi connectivity index (χ1v) is 14.8. The number of hydrogen-bond donors (Lipinski definition) is 1. The van der Waals surface area contributed by atoms with Crippen LogP contribution in [0.5, 0.6) is 0 Å². The Bertz CT molecular complexity index is 965. The van der Waals surface area contributed by atoms with Crippen LogP contribution in [0.15, 0.2) is 25.3 Å². The maximum absolute atomic E-state index is 14.5. The van der Waals surface area contributed by atoms with Crippen LogP contribution in [0, 0.1) is 17.8 Å². The number of unbranched alkanes of at least 4 members (excludes halogenated alkanes) is 1. The van der Waals surface area contributed by atoms with Crippen molar-refractivity contribution >= 4 is 17.8 Å². The fourth-order valence-electron chi connectivity index (χ4n) is 7.32. The van der Waals surface area contributed by atoms with E-state index in [-0.39, 0.29) is 30.9 Å². The van der Waals surface area contributed by atoms with E-state index >= 15 is 0 Å². The molecule has 0 aromatic carbocycles. The van der Waals surface area contributed by atoms with Gasteiger partial charge in [-0.15, -0.1) is 13.2 Å². The van der Waals surface area contributed by atoms with Gasteiger partial charge in [-0.3, -0.25) is 19.3 Å². The smallest absolute Gasteiger partial charge is 0.312 e. The summed E-state index contributed by atoms with van der Waals surface area (Å²) in [5.74, 6) is -2.75. The molecule has 0 aliphatic carbocycles. The molecule has 1 N–H and O–H groups in total. The Morgan fingerprint density at radius 3 is 2.62 bits per heavy atom. The number of rotatable bonds is 14. The molecule has 4 aliphatic rings. The second-order valence-corrected chi connectivity index (χ2v) is 11.8. The van der Waals surface area contributed by atoms with Crippen molar-refractivity contribution in [3.05, 3.63) is 25.3 Å². The van der Waals surface area contributed by atoms with Crippen LogP contribution in [0.4, 0.5) is 0 Å². The molecular formula is C30H47N3O7. The number of ether oxygens (including phenoxy) is 3. The van der Waals surface area contributed by atoms with Crippen molar-refractivity contribution in [2.75, 3.05) is 59.2 Å². The van der Waals surface area contributed by atoms with Crippen LogP contribution in [-0.2, 0) is 28.6 Å². The van der Waals surface area contributed by atoms with E-state index in [1.807, 2.05) is 20.8 Å². The number of carbonyl (C=O) groups excluding carboxylic acids is 3. The largest absolute Gasteiger partial charge is 0.465 e. The highest BCUT2D eigenvalue weighted by molar-refractivity contribution is 5.98. The van der Waals surface area contributed by atoms with Gasteiger partial charge < -0.3 is 29.1 Å². The summed E-state index contributed by atoms with van der Waals surface area (Å²) >= 11 is 0. The lowest BCUT2D eigenvalue weighted by Gasteiger charge is -2.40. The Balaban J connectivity index is 1.68. The molecule has 40 heavy (non-hydrogen) atoms. The maximum atomic E-state index is 14.5. The zero-order valence-corrected chi connectivity index (χ0v) is 24.4. The van der Waals surface area contributed by atoms with Gasteiger partial charge in [-0.25, -0.2) is 0 Å². The number of carbonyl (C=O) groups is 3. The minimum absolute atomic E-state index is 0.0760. The van der Waals surface area contributed by atoms with Crippen LogP contribution in [0.1, 0.15) is 46.5 Å². The second kappa shape index (κ2) is 12.7. The highest BCUT2D eigenvalue weighted by atomic mass is 16.6. The van der Waals surface area contributed by atoms with Crippen molar-refractivity contribution in [1.82, 2.24) is 14.7 Å². The van der Waals surface area contributed by atoms with Gasteiger partial charge >= 0.3 is 5.97 Å². The molecule has 224 valence electrons. The molecule has 0 aromatic rings. The minimum atomic E-state index is -1.17. The van der Waals surface area contributed by atoms with Crippen molar-refractivity contribution in [2.45, 2.75) is 69.7 Å². The van der Waals surface area contributed by atoms with Crippen molar-refractivity contribution in [3.63, 3.8) is 0 Å². The third kappa shape index (κ3) is 5.24. The van der Waals surface area contributed by atoms with Gasteiger partial charge in [0.05, 0.1) is 44.0 Å². The lowest BCUT2D eigenvalue weighted by Crippen LogP contribution is -2.59. The summed E-state index contributed by atoms with van der Waals surface area (Å²) in [4.78, 5) is 47.9. The van der Waals surface area contributed by atoms with Gasteiger partial charge in [0.2, 0.25) is 11.8 Å². The molecule has 0 saturated carbocycles. The number of fused-ring (bicyclic) bond motifs is 1. The highest BCUT2D eigenvalue weighted by Gasteiger charge is 2.80. The first-order valence-electron chi connectivity index (χ1n) is 14.8. The molecule has 10 nitrogen and oxygen atoms in total. The summed E-state index contributed by atoms with van der Waals surface area (Å²) < 4.78 is 17.9. The van der Waals surface area contributed by atoms with Crippen LogP contribution in [0.2, 0.25) is 0 Å². The second-order valence-electron chi connectivity index (χ2n) is 11.8. The monoisotopic (exact) mass is 561 g/mol. The third-order valence-electron chi connectivity index (χ3n) is 9.56. The van der Waals surface area contributed by atoms with Crippen molar-refractivity contribution in [3.8, 4) is 0 Å². The molecule has 10 heteroatoms. The average molecular weight is 562 g/mol. The molecule has 0 radical (unpaired) electrons. The van der Waals surface area contributed by atoms with Crippen LogP contribution in [-0.4, -0.2) is 120 Å². The van der Waals surface area contributed by atoms with Crippen LogP contribution in [0.3, 0.4) is 0 Å². The van der Waals surface area contributed by atoms with E-state index in [1.165, 1.54) is 4.90 Å². The van der Waals surface area contributed by atoms with Gasteiger partial charge in [-0.1, -0.05) is 26.0 Å². The number of morpholine rings is 1. The van der Waals surface area contributed by atoms with Crippen LogP contribution >= 0.6 is 0 Å².